The van der Waals surface area contributed by atoms with Gasteiger partial charge in [-0.05, 0) is 43.0 Å². The van der Waals surface area contributed by atoms with Crippen molar-refractivity contribution >= 4 is 27.6 Å². The van der Waals surface area contributed by atoms with Crippen LogP contribution in [0.2, 0.25) is 0 Å². The molecule has 0 bridgehead atoms. The highest BCUT2D eigenvalue weighted by molar-refractivity contribution is 7.92. The molecule has 0 spiro atoms. The smallest absolute Gasteiger partial charge is 0.253 e. The highest BCUT2D eigenvalue weighted by Crippen LogP contribution is 2.31. The number of hydrogen-bond acceptors (Lipinski definition) is 5. The van der Waals surface area contributed by atoms with E-state index < -0.39 is 21.9 Å². The lowest BCUT2D eigenvalue weighted by Crippen LogP contribution is -2.46. The van der Waals surface area contributed by atoms with E-state index in [0.717, 1.165) is 11.8 Å². The van der Waals surface area contributed by atoms with Crippen molar-refractivity contribution in [3.63, 3.8) is 0 Å². The molecular weight excluding hydrogens is 332 g/mol. The monoisotopic (exact) mass is 351 g/mol. The summed E-state index contributed by atoms with van der Waals surface area (Å²) in [5.74, 6) is -1.97. The standard InChI is InChI=1S/C16H20N2O5S/c1-24(22,23)18-8-6-11-9-12(4-5-14(11)18)15(19)17-7-2-3-13(10-17)16(20)21/h4-5,9,13H,2-3,6-8,10H2,1H3,(H,20,21)/p-1/t13-/m1/s1. The molecule has 0 radical (unpaired) electrons. The molecule has 2 heterocycles. The molecule has 0 saturated carbocycles. The number of amides is 1. The molecule has 1 fully saturated rings. The number of sulfonamides is 1. The van der Waals surface area contributed by atoms with Crippen molar-refractivity contribution in [2.75, 3.05) is 30.2 Å². The number of carbonyl (C=O) groups is 2. The number of anilines is 1. The number of aliphatic carboxylic acids is 1. The van der Waals surface area contributed by atoms with Crippen LogP contribution in [-0.4, -0.2) is 51.1 Å². The Kier molecular flexibility index (Phi) is 4.25. The van der Waals surface area contributed by atoms with Gasteiger partial charge in [-0.3, -0.25) is 9.10 Å². The lowest BCUT2D eigenvalue weighted by molar-refractivity contribution is -0.312. The van der Waals surface area contributed by atoms with Gasteiger partial charge in [0.05, 0.1) is 11.9 Å². The van der Waals surface area contributed by atoms with E-state index in [2.05, 4.69) is 0 Å². The Balaban J connectivity index is 1.81. The van der Waals surface area contributed by atoms with E-state index in [9.17, 15) is 23.1 Å². The lowest BCUT2D eigenvalue weighted by atomic mass is 9.97. The second-order valence-corrected chi connectivity index (χ2v) is 8.24. The molecule has 130 valence electrons. The summed E-state index contributed by atoms with van der Waals surface area (Å²) in [6, 6.07) is 4.97. The first-order valence-corrected chi connectivity index (χ1v) is 9.73. The van der Waals surface area contributed by atoms with Gasteiger partial charge in [-0.15, -0.1) is 0 Å². The topological polar surface area (TPSA) is 97.8 Å². The minimum absolute atomic E-state index is 0.160. The largest absolute Gasteiger partial charge is 0.550 e. The molecule has 2 aliphatic heterocycles. The third-order valence-electron chi connectivity index (χ3n) is 4.62. The lowest BCUT2D eigenvalue weighted by Gasteiger charge is -2.33. The highest BCUT2D eigenvalue weighted by atomic mass is 32.2. The Morgan fingerprint density at radius 2 is 2.00 bits per heavy atom. The van der Waals surface area contributed by atoms with Gasteiger partial charge in [0.15, 0.2) is 0 Å². The zero-order valence-electron chi connectivity index (χ0n) is 13.4. The quantitative estimate of drug-likeness (QED) is 0.739. The van der Waals surface area contributed by atoms with E-state index in [1.54, 1.807) is 18.2 Å². The molecule has 0 N–H and O–H groups in total. The van der Waals surface area contributed by atoms with Crippen molar-refractivity contribution in [2.24, 2.45) is 5.92 Å². The van der Waals surface area contributed by atoms with Crippen LogP contribution in [0.4, 0.5) is 5.69 Å². The average Bonchev–Trinajstić information content (AvgIpc) is 2.97. The first-order chi connectivity index (χ1) is 11.3. The van der Waals surface area contributed by atoms with Crippen LogP contribution in [0.15, 0.2) is 18.2 Å². The van der Waals surface area contributed by atoms with Gasteiger partial charge in [-0.25, -0.2) is 8.42 Å². The van der Waals surface area contributed by atoms with E-state index in [1.165, 1.54) is 9.21 Å². The molecule has 1 atom stereocenters. The van der Waals surface area contributed by atoms with Crippen LogP contribution in [0.1, 0.15) is 28.8 Å². The molecule has 3 rings (SSSR count). The number of carboxylic acids is 1. The van der Waals surface area contributed by atoms with Crippen molar-refractivity contribution in [3.8, 4) is 0 Å². The summed E-state index contributed by atoms with van der Waals surface area (Å²) in [7, 11) is -3.32. The number of piperidine rings is 1. The first kappa shape index (κ1) is 16.8. The van der Waals surface area contributed by atoms with Crippen LogP contribution < -0.4 is 9.41 Å². The maximum absolute atomic E-state index is 12.6. The Morgan fingerprint density at radius 1 is 1.25 bits per heavy atom. The Labute approximate surface area is 140 Å². The van der Waals surface area contributed by atoms with Crippen molar-refractivity contribution in [1.29, 1.82) is 0 Å². The minimum atomic E-state index is -3.32. The van der Waals surface area contributed by atoms with E-state index >= 15 is 0 Å². The second kappa shape index (κ2) is 6.08. The Bertz CT molecular complexity index is 790. The summed E-state index contributed by atoms with van der Waals surface area (Å²) in [6.45, 7) is 1.06. The number of likely N-dealkylation sites (tertiary alicyclic amines) is 1. The fourth-order valence-electron chi connectivity index (χ4n) is 3.39. The van der Waals surface area contributed by atoms with Crippen molar-refractivity contribution < 1.29 is 23.1 Å². The number of carbonyl (C=O) groups excluding carboxylic acids is 2. The molecular formula is C16H19N2O5S-. The minimum Gasteiger partial charge on any atom is -0.550 e. The van der Waals surface area contributed by atoms with E-state index in [1.807, 2.05) is 0 Å². The van der Waals surface area contributed by atoms with Crippen LogP contribution in [0, 0.1) is 5.92 Å². The summed E-state index contributed by atoms with van der Waals surface area (Å²) < 4.78 is 24.8. The number of benzene rings is 1. The molecule has 1 saturated heterocycles. The van der Waals surface area contributed by atoms with Gasteiger partial charge in [0.1, 0.15) is 0 Å². The molecule has 24 heavy (non-hydrogen) atoms. The summed E-state index contributed by atoms with van der Waals surface area (Å²) in [5.41, 5.74) is 1.89. The zero-order chi connectivity index (χ0) is 17.5. The number of nitrogens with zero attached hydrogens (tertiary/aromatic N) is 2. The summed E-state index contributed by atoms with van der Waals surface area (Å²) in [4.78, 5) is 25.2. The van der Waals surface area contributed by atoms with Crippen molar-refractivity contribution in [1.82, 2.24) is 4.90 Å². The van der Waals surface area contributed by atoms with Gasteiger partial charge >= 0.3 is 0 Å². The predicted octanol–water partition coefficient (Wildman–Crippen LogP) is -0.389. The van der Waals surface area contributed by atoms with Crippen LogP contribution >= 0.6 is 0 Å². The number of hydrogen-bond donors (Lipinski definition) is 0. The molecule has 1 amide bonds. The number of fused-ring (bicyclic) bond motifs is 1. The van der Waals surface area contributed by atoms with Gasteiger partial charge in [-0.2, -0.15) is 0 Å². The first-order valence-electron chi connectivity index (χ1n) is 7.88. The second-order valence-electron chi connectivity index (χ2n) is 6.34. The summed E-state index contributed by atoms with van der Waals surface area (Å²) in [6.07, 6.45) is 2.89. The van der Waals surface area contributed by atoms with Crippen LogP contribution in [0.25, 0.3) is 0 Å². The molecule has 1 aromatic rings. The van der Waals surface area contributed by atoms with Gasteiger partial charge < -0.3 is 14.8 Å². The summed E-state index contributed by atoms with van der Waals surface area (Å²) in [5, 5.41) is 11.0. The molecule has 0 aromatic heterocycles. The maximum Gasteiger partial charge on any atom is 0.253 e. The normalized spacial score (nSPS) is 20.8. The molecule has 8 heteroatoms. The Hall–Kier alpha value is -2.09. The van der Waals surface area contributed by atoms with E-state index in [4.69, 9.17) is 0 Å². The molecule has 1 aromatic carbocycles. The maximum atomic E-state index is 12.6. The molecule has 7 nitrogen and oxygen atoms in total. The molecule has 0 aliphatic carbocycles. The third-order valence-corrected chi connectivity index (χ3v) is 5.80. The SMILES string of the molecule is CS(=O)(=O)N1CCc2cc(C(=O)N3CCC[C@@H](C(=O)[O-])C3)ccc21. The van der Waals surface area contributed by atoms with Crippen molar-refractivity contribution in [2.45, 2.75) is 19.3 Å². The average molecular weight is 351 g/mol. The third kappa shape index (κ3) is 3.10. The number of rotatable bonds is 3. The van der Waals surface area contributed by atoms with E-state index in [0.29, 0.717) is 43.6 Å². The zero-order valence-corrected chi connectivity index (χ0v) is 14.2. The number of carboxylic acid groups (broad SMARTS) is 1. The Morgan fingerprint density at radius 3 is 2.67 bits per heavy atom. The van der Waals surface area contributed by atoms with Crippen molar-refractivity contribution in [3.05, 3.63) is 29.3 Å². The molecule has 0 unspecified atom stereocenters. The van der Waals surface area contributed by atoms with Gasteiger partial charge in [0.2, 0.25) is 10.0 Å². The molecule has 2 aliphatic rings. The fourth-order valence-corrected chi connectivity index (χ4v) is 4.34. The fraction of sp³-hybridized carbons (Fsp3) is 0.500. The van der Waals surface area contributed by atoms with Crippen LogP contribution in [0.3, 0.4) is 0 Å². The highest BCUT2D eigenvalue weighted by Gasteiger charge is 2.29. The van der Waals surface area contributed by atoms with E-state index in [-0.39, 0.29) is 12.5 Å². The van der Waals surface area contributed by atoms with Gasteiger partial charge in [0.25, 0.3) is 5.91 Å². The van der Waals surface area contributed by atoms with Crippen LogP contribution in [-0.2, 0) is 21.2 Å². The van der Waals surface area contributed by atoms with Gasteiger partial charge in [-0.1, -0.05) is 0 Å². The van der Waals surface area contributed by atoms with Gasteiger partial charge in [0, 0.05) is 37.1 Å². The van der Waals surface area contributed by atoms with Crippen LogP contribution in [0.5, 0.6) is 0 Å². The summed E-state index contributed by atoms with van der Waals surface area (Å²) >= 11 is 0. The predicted molar refractivity (Wildman–Crippen MR) is 86.0 cm³/mol.